The lowest BCUT2D eigenvalue weighted by Gasteiger charge is -1.93. The van der Waals surface area contributed by atoms with Crippen LogP contribution in [0.2, 0.25) is 0 Å². The smallest absolute Gasteiger partial charge is 0.175 e. The highest BCUT2D eigenvalue weighted by atomic mass is 16.5. The van der Waals surface area contributed by atoms with E-state index in [4.69, 9.17) is 5.26 Å². The van der Waals surface area contributed by atoms with Crippen LogP contribution in [0, 0.1) is 11.3 Å². The van der Waals surface area contributed by atoms with Crippen molar-refractivity contribution in [2.75, 3.05) is 7.11 Å². The van der Waals surface area contributed by atoms with Crippen LogP contribution < -0.4 is 0 Å². The molecule has 5 nitrogen and oxygen atoms in total. The summed E-state index contributed by atoms with van der Waals surface area (Å²) in [6, 6.07) is 1.97. The molecule has 0 fully saturated rings. The van der Waals surface area contributed by atoms with Crippen LogP contribution in [0.3, 0.4) is 0 Å². The second-order valence-electron chi connectivity index (χ2n) is 2.09. The predicted molar refractivity (Wildman–Crippen MR) is 43.1 cm³/mol. The zero-order chi connectivity index (χ0) is 8.97. The maximum Gasteiger partial charge on any atom is 0.175 e. The second kappa shape index (κ2) is 3.53. The first-order valence-corrected chi connectivity index (χ1v) is 3.27. The van der Waals surface area contributed by atoms with Crippen LogP contribution in [0.4, 0.5) is 5.82 Å². The molecule has 12 heavy (non-hydrogen) atoms. The molecule has 62 valence electrons. The van der Waals surface area contributed by atoms with Gasteiger partial charge >= 0.3 is 0 Å². The van der Waals surface area contributed by atoms with Gasteiger partial charge in [0.05, 0.1) is 13.3 Å². The maximum absolute atomic E-state index is 8.61. The Kier molecular flexibility index (Phi) is 2.43. The van der Waals surface area contributed by atoms with Crippen LogP contribution in [0.15, 0.2) is 11.2 Å². The molecule has 1 rings (SSSR count). The van der Waals surface area contributed by atoms with E-state index in [9.17, 15) is 0 Å². The van der Waals surface area contributed by atoms with Gasteiger partial charge in [0.2, 0.25) is 0 Å². The van der Waals surface area contributed by atoms with Crippen LogP contribution in [0.25, 0.3) is 0 Å². The van der Waals surface area contributed by atoms with E-state index in [2.05, 4.69) is 14.8 Å². The van der Waals surface area contributed by atoms with Crippen molar-refractivity contribution >= 4 is 12.2 Å². The Bertz CT molecular complexity index is 334. The molecule has 0 saturated heterocycles. The van der Waals surface area contributed by atoms with Crippen molar-refractivity contribution in [2.45, 2.75) is 0 Å². The van der Waals surface area contributed by atoms with Crippen molar-refractivity contribution in [2.24, 2.45) is 12.0 Å². The number of aliphatic imine (C=N–C) groups is 1. The molecule has 0 radical (unpaired) electrons. The largest absolute Gasteiger partial charge is 0.486 e. The zero-order valence-corrected chi connectivity index (χ0v) is 6.85. The molecule has 0 aliphatic rings. The predicted octanol–water partition coefficient (Wildman–Crippen LogP) is 0.598. The molecule has 1 aromatic rings. The topological polar surface area (TPSA) is 63.2 Å². The number of aryl methyl sites for hydroxylation is 1. The lowest BCUT2D eigenvalue weighted by Crippen LogP contribution is -1.89. The molecule has 0 aromatic carbocycles. The molecule has 0 saturated carbocycles. The highest BCUT2D eigenvalue weighted by molar-refractivity contribution is 5.58. The van der Waals surface area contributed by atoms with Gasteiger partial charge in [0.1, 0.15) is 11.6 Å². The Morgan fingerprint density at radius 3 is 3.17 bits per heavy atom. The first-order chi connectivity index (χ1) is 5.79. The van der Waals surface area contributed by atoms with Gasteiger partial charge in [0.15, 0.2) is 12.2 Å². The molecule has 0 atom stereocenters. The average molecular weight is 164 g/mol. The molecule has 0 aliphatic carbocycles. The minimum absolute atomic E-state index is 0.436. The summed E-state index contributed by atoms with van der Waals surface area (Å²) in [4.78, 5) is 3.89. The number of rotatable bonds is 2. The Labute approximate surface area is 69.9 Å². The summed E-state index contributed by atoms with van der Waals surface area (Å²) in [6.07, 6.45) is 2.72. The van der Waals surface area contributed by atoms with Crippen molar-refractivity contribution in [3.05, 3.63) is 11.8 Å². The number of methoxy groups -OCH3 is 1. The van der Waals surface area contributed by atoms with Gasteiger partial charge < -0.3 is 4.74 Å². The monoisotopic (exact) mass is 164 g/mol. The van der Waals surface area contributed by atoms with Crippen LogP contribution in [0.5, 0.6) is 0 Å². The van der Waals surface area contributed by atoms with E-state index in [1.807, 2.05) is 6.07 Å². The van der Waals surface area contributed by atoms with E-state index in [0.717, 1.165) is 0 Å². The SMILES string of the molecule is COC=Nc1c(C#N)cnn1C. The lowest BCUT2D eigenvalue weighted by atomic mass is 10.4. The van der Waals surface area contributed by atoms with Crippen molar-refractivity contribution < 1.29 is 4.74 Å². The van der Waals surface area contributed by atoms with E-state index in [0.29, 0.717) is 11.4 Å². The summed E-state index contributed by atoms with van der Waals surface area (Å²) in [5.41, 5.74) is 0.436. The fraction of sp³-hybridized carbons (Fsp3) is 0.286. The number of nitriles is 1. The average Bonchev–Trinajstić information content (AvgIpc) is 2.43. The van der Waals surface area contributed by atoms with E-state index in [-0.39, 0.29) is 0 Å². The van der Waals surface area contributed by atoms with Crippen molar-refractivity contribution in [1.82, 2.24) is 9.78 Å². The fourth-order valence-corrected chi connectivity index (χ4v) is 0.766. The van der Waals surface area contributed by atoms with Crippen LogP contribution >= 0.6 is 0 Å². The molecule has 0 N–H and O–H groups in total. The van der Waals surface area contributed by atoms with Gasteiger partial charge in [-0.15, -0.1) is 0 Å². The number of ether oxygens (including phenoxy) is 1. The first kappa shape index (κ1) is 8.27. The van der Waals surface area contributed by atoms with Crippen LogP contribution in [0.1, 0.15) is 5.56 Å². The number of hydrogen-bond acceptors (Lipinski definition) is 4. The van der Waals surface area contributed by atoms with Gasteiger partial charge in [0.25, 0.3) is 0 Å². The first-order valence-electron chi connectivity index (χ1n) is 3.27. The normalized spacial score (nSPS) is 10.1. The molecular weight excluding hydrogens is 156 g/mol. The Morgan fingerprint density at radius 1 is 1.83 bits per heavy atom. The molecule has 0 bridgehead atoms. The minimum Gasteiger partial charge on any atom is -0.486 e. The molecule has 0 amide bonds. The zero-order valence-electron chi connectivity index (χ0n) is 6.85. The van der Waals surface area contributed by atoms with Gasteiger partial charge in [-0.1, -0.05) is 0 Å². The van der Waals surface area contributed by atoms with Crippen molar-refractivity contribution in [3.63, 3.8) is 0 Å². The number of aromatic nitrogens is 2. The Morgan fingerprint density at radius 2 is 2.58 bits per heavy atom. The summed E-state index contributed by atoms with van der Waals surface area (Å²) in [7, 11) is 3.20. The molecule has 5 heteroatoms. The standard InChI is InChI=1S/C7H8N4O/c1-11-7(9-5-12-2)6(3-8)4-10-11/h4-5H,1-2H3. The van der Waals surface area contributed by atoms with Crippen LogP contribution in [-0.2, 0) is 11.8 Å². The summed E-state index contributed by atoms with van der Waals surface area (Å²) >= 11 is 0. The highest BCUT2D eigenvalue weighted by Gasteiger charge is 2.04. The number of nitrogens with zero attached hydrogens (tertiary/aromatic N) is 4. The van der Waals surface area contributed by atoms with Crippen molar-refractivity contribution in [3.8, 4) is 6.07 Å². The molecular formula is C7H8N4O. The van der Waals surface area contributed by atoms with E-state index in [1.165, 1.54) is 24.4 Å². The maximum atomic E-state index is 8.61. The summed E-state index contributed by atoms with van der Waals surface area (Å²) in [5, 5.41) is 12.5. The van der Waals surface area contributed by atoms with Gasteiger partial charge in [-0.3, -0.25) is 0 Å². The third kappa shape index (κ3) is 1.42. The second-order valence-corrected chi connectivity index (χ2v) is 2.09. The lowest BCUT2D eigenvalue weighted by molar-refractivity contribution is 0.422. The third-order valence-electron chi connectivity index (χ3n) is 1.31. The van der Waals surface area contributed by atoms with E-state index in [1.54, 1.807) is 7.05 Å². The Balaban J connectivity index is 3.04. The van der Waals surface area contributed by atoms with Gasteiger partial charge in [-0.25, -0.2) is 4.68 Å². The minimum atomic E-state index is 0.436. The molecule has 0 spiro atoms. The molecule has 0 unspecified atom stereocenters. The highest BCUT2D eigenvalue weighted by Crippen LogP contribution is 2.15. The van der Waals surface area contributed by atoms with E-state index < -0.39 is 0 Å². The molecule has 1 aromatic heterocycles. The summed E-state index contributed by atoms with van der Waals surface area (Å²) < 4.78 is 6.14. The van der Waals surface area contributed by atoms with Crippen molar-refractivity contribution in [1.29, 1.82) is 5.26 Å². The van der Waals surface area contributed by atoms with Gasteiger partial charge in [-0.05, 0) is 0 Å². The quantitative estimate of drug-likeness (QED) is 0.475. The summed E-state index contributed by atoms with van der Waals surface area (Å²) in [6.45, 7) is 0. The van der Waals surface area contributed by atoms with E-state index >= 15 is 0 Å². The third-order valence-corrected chi connectivity index (χ3v) is 1.31. The Hall–Kier alpha value is -1.83. The van der Waals surface area contributed by atoms with Gasteiger partial charge in [-0.2, -0.15) is 15.4 Å². The number of hydrogen-bond donors (Lipinski definition) is 0. The molecule has 1 heterocycles. The molecule has 0 aliphatic heterocycles. The van der Waals surface area contributed by atoms with Crippen LogP contribution in [-0.4, -0.2) is 23.3 Å². The fourth-order valence-electron chi connectivity index (χ4n) is 0.766. The summed E-state index contributed by atoms with van der Waals surface area (Å²) in [5.74, 6) is 0.499. The van der Waals surface area contributed by atoms with Gasteiger partial charge in [0, 0.05) is 7.05 Å².